The average Bonchev–Trinajstić information content (AvgIpc) is 2.98. The number of aryl methyl sites for hydroxylation is 2. The number of halogens is 1. The number of rotatable bonds is 4. The van der Waals surface area contributed by atoms with Gasteiger partial charge in [0.1, 0.15) is 0 Å². The van der Waals surface area contributed by atoms with E-state index in [2.05, 4.69) is 81.6 Å². The van der Waals surface area contributed by atoms with E-state index in [1.54, 1.807) is 0 Å². The van der Waals surface area contributed by atoms with E-state index in [1.165, 1.54) is 50.6 Å². The van der Waals surface area contributed by atoms with E-state index >= 15 is 0 Å². The largest absolute Gasteiger partial charge is 0.344 e. The highest BCUT2D eigenvalue weighted by molar-refractivity contribution is 6.15. The van der Waals surface area contributed by atoms with E-state index in [0.717, 1.165) is 6.42 Å². The van der Waals surface area contributed by atoms with E-state index in [4.69, 9.17) is 0 Å². The van der Waals surface area contributed by atoms with Crippen LogP contribution in [0.5, 0.6) is 0 Å². The molecule has 0 aliphatic heterocycles. The smallest absolute Gasteiger partial charge is 0.0897 e. The first-order valence-corrected chi connectivity index (χ1v) is 10.2. The molecule has 3 rings (SSSR count). The summed E-state index contributed by atoms with van der Waals surface area (Å²) in [6.07, 6.45) is 11.3. The van der Waals surface area contributed by atoms with E-state index in [9.17, 15) is 4.39 Å². The summed E-state index contributed by atoms with van der Waals surface area (Å²) in [5.74, 6) is -0.333. The summed E-state index contributed by atoms with van der Waals surface area (Å²) in [5.41, 5.74) is 5.15. The van der Waals surface area contributed by atoms with Gasteiger partial charge in [-0.1, -0.05) is 76.9 Å². The Balaban J connectivity index is 0.000000627. The van der Waals surface area contributed by atoms with Gasteiger partial charge < -0.3 is 4.57 Å². The zero-order valence-electron chi connectivity index (χ0n) is 18.8. The molecule has 29 heavy (non-hydrogen) atoms. The molecule has 1 aromatic heterocycles. The SMILES string of the molecule is C=C(C)F.C=C/C=c1\c2c(CC)c(C=C)c(/C=C\C)c3cccc(c32)n1C.CC. The second-order valence-corrected chi connectivity index (χ2v) is 6.46. The highest BCUT2D eigenvalue weighted by Crippen LogP contribution is 2.36. The lowest BCUT2D eigenvalue weighted by molar-refractivity contribution is 0.645. The van der Waals surface area contributed by atoms with Crippen molar-refractivity contribution in [2.24, 2.45) is 7.05 Å². The lowest BCUT2D eigenvalue weighted by Gasteiger charge is -2.14. The fourth-order valence-electron chi connectivity index (χ4n) is 3.73. The van der Waals surface area contributed by atoms with E-state index < -0.39 is 0 Å². The highest BCUT2D eigenvalue weighted by atomic mass is 19.1. The molecule has 0 atom stereocenters. The van der Waals surface area contributed by atoms with Gasteiger partial charge in [0.05, 0.1) is 5.83 Å². The minimum atomic E-state index is -0.333. The molecule has 0 fully saturated rings. The molecule has 0 radical (unpaired) electrons. The minimum absolute atomic E-state index is 0.333. The molecule has 0 saturated carbocycles. The lowest BCUT2D eigenvalue weighted by Crippen LogP contribution is -2.13. The first-order chi connectivity index (χ1) is 13.9. The van der Waals surface area contributed by atoms with Crippen molar-refractivity contribution in [3.8, 4) is 0 Å². The quantitative estimate of drug-likeness (QED) is 0.428. The molecule has 0 amide bonds. The van der Waals surface area contributed by atoms with E-state index in [1.807, 2.05) is 26.0 Å². The molecule has 154 valence electrons. The maximum absolute atomic E-state index is 10.8. The van der Waals surface area contributed by atoms with Crippen molar-refractivity contribution in [2.45, 2.75) is 41.0 Å². The molecular weight excluding hydrogens is 357 g/mol. The van der Waals surface area contributed by atoms with Crippen molar-refractivity contribution < 1.29 is 4.39 Å². The molecular formula is C27H34FN. The molecule has 0 aliphatic rings. The number of hydrogen-bond donors (Lipinski definition) is 0. The van der Waals surface area contributed by atoms with Crippen LogP contribution in [-0.4, -0.2) is 4.57 Å². The second kappa shape index (κ2) is 11.2. The van der Waals surface area contributed by atoms with Crippen LogP contribution in [0.2, 0.25) is 0 Å². The topological polar surface area (TPSA) is 4.93 Å². The monoisotopic (exact) mass is 391 g/mol. The Labute approximate surface area is 175 Å². The van der Waals surface area contributed by atoms with Crippen LogP contribution in [0.1, 0.15) is 51.3 Å². The Morgan fingerprint density at radius 1 is 1.14 bits per heavy atom. The maximum atomic E-state index is 10.8. The normalized spacial score (nSPS) is 11.2. The third kappa shape index (κ3) is 4.76. The molecule has 2 aromatic carbocycles. The van der Waals surface area contributed by atoms with Gasteiger partial charge in [0.2, 0.25) is 0 Å². The standard InChI is InChI=1S/C22H23N.C3H5F.C2H6/c1-6-11-17-15(8-3)16(9-4)21-19(12-7-2)23(5)20-14-10-13-18(17)22(20)21;1-3(2)4;1-2/h6-8,10-14H,2-3,9H2,1,4-5H3;1H2,2H3;1-2H3/b11-6-,19-12+;;. The molecule has 0 unspecified atom stereocenters. The van der Waals surface area contributed by atoms with Crippen molar-refractivity contribution in [2.75, 3.05) is 0 Å². The number of allylic oxidation sites excluding steroid dienone is 3. The van der Waals surface area contributed by atoms with Crippen LogP contribution in [0.25, 0.3) is 39.9 Å². The molecule has 0 spiro atoms. The minimum Gasteiger partial charge on any atom is -0.344 e. The van der Waals surface area contributed by atoms with Gasteiger partial charge in [-0.3, -0.25) is 0 Å². The van der Waals surface area contributed by atoms with Crippen LogP contribution < -0.4 is 5.35 Å². The Bertz CT molecular complexity index is 1090. The molecule has 1 nitrogen and oxygen atoms in total. The molecule has 0 bridgehead atoms. The van der Waals surface area contributed by atoms with Crippen LogP contribution in [0, 0.1) is 0 Å². The summed E-state index contributed by atoms with van der Waals surface area (Å²) in [6, 6.07) is 6.55. The van der Waals surface area contributed by atoms with Gasteiger partial charge in [0.25, 0.3) is 0 Å². The van der Waals surface area contributed by atoms with Crippen molar-refractivity contribution in [3.63, 3.8) is 0 Å². The fraction of sp³-hybridized carbons (Fsp3) is 0.259. The number of benzene rings is 2. The Hall–Kier alpha value is -2.87. The van der Waals surface area contributed by atoms with Crippen molar-refractivity contribution in [1.29, 1.82) is 0 Å². The molecule has 0 aliphatic carbocycles. The number of nitrogens with zero attached hydrogens (tertiary/aromatic N) is 1. The zero-order valence-corrected chi connectivity index (χ0v) is 18.8. The Morgan fingerprint density at radius 3 is 2.24 bits per heavy atom. The van der Waals surface area contributed by atoms with Crippen molar-refractivity contribution in [3.05, 3.63) is 78.0 Å². The summed E-state index contributed by atoms with van der Waals surface area (Å²) in [5, 5.41) is 5.20. The van der Waals surface area contributed by atoms with Gasteiger partial charge in [-0.15, -0.1) is 0 Å². The van der Waals surface area contributed by atoms with E-state index in [-0.39, 0.29) is 5.83 Å². The van der Waals surface area contributed by atoms with Gasteiger partial charge in [0.15, 0.2) is 0 Å². The van der Waals surface area contributed by atoms with Gasteiger partial charge in [-0.25, -0.2) is 4.39 Å². The predicted octanol–water partition coefficient (Wildman–Crippen LogP) is 7.77. The van der Waals surface area contributed by atoms with Crippen molar-refractivity contribution >= 4 is 39.9 Å². The van der Waals surface area contributed by atoms with Crippen LogP contribution in [0.15, 0.2) is 55.9 Å². The third-order valence-electron chi connectivity index (χ3n) is 4.65. The van der Waals surface area contributed by atoms with Crippen LogP contribution in [-0.2, 0) is 13.5 Å². The van der Waals surface area contributed by atoms with Crippen LogP contribution >= 0.6 is 0 Å². The molecule has 1 heterocycles. The summed E-state index contributed by atoms with van der Waals surface area (Å²) < 4.78 is 13.1. The lowest BCUT2D eigenvalue weighted by atomic mass is 9.89. The fourth-order valence-corrected chi connectivity index (χ4v) is 3.73. The summed E-state index contributed by atoms with van der Waals surface area (Å²) in [6.45, 7) is 20.5. The van der Waals surface area contributed by atoms with Crippen molar-refractivity contribution in [1.82, 2.24) is 4.57 Å². The molecule has 0 N–H and O–H groups in total. The second-order valence-electron chi connectivity index (χ2n) is 6.46. The maximum Gasteiger partial charge on any atom is 0.0897 e. The summed E-state index contributed by atoms with van der Waals surface area (Å²) in [7, 11) is 2.13. The molecule has 3 aromatic rings. The van der Waals surface area contributed by atoms with Gasteiger partial charge in [-0.2, -0.15) is 0 Å². The first-order valence-electron chi connectivity index (χ1n) is 10.2. The first kappa shape index (κ1) is 24.2. The molecule has 0 saturated heterocycles. The van der Waals surface area contributed by atoms with Gasteiger partial charge in [0, 0.05) is 28.7 Å². The number of aromatic nitrogens is 1. The predicted molar refractivity (Wildman–Crippen MR) is 132 cm³/mol. The summed E-state index contributed by atoms with van der Waals surface area (Å²) >= 11 is 0. The van der Waals surface area contributed by atoms with Gasteiger partial charge in [-0.05, 0) is 54.5 Å². The van der Waals surface area contributed by atoms with Gasteiger partial charge >= 0.3 is 0 Å². The summed E-state index contributed by atoms with van der Waals surface area (Å²) in [4.78, 5) is 0. The number of hydrogen-bond acceptors (Lipinski definition) is 0. The Kier molecular flexibility index (Phi) is 9.34. The Morgan fingerprint density at radius 2 is 1.76 bits per heavy atom. The highest BCUT2D eigenvalue weighted by Gasteiger charge is 2.18. The zero-order chi connectivity index (χ0) is 22.1. The third-order valence-corrected chi connectivity index (χ3v) is 4.65. The van der Waals surface area contributed by atoms with Crippen LogP contribution in [0.4, 0.5) is 4.39 Å². The molecule has 2 heteroatoms. The van der Waals surface area contributed by atoms with Crippen LogP contribution in [0.3, 0.4) is 0 Å². The van der Waals surface area contributed by atoms with E-state index in [0.29, 0.717) is 0 Å². The average molecular weight is 392 g/mol.